The van der Waals surface area contributed by atoms with Crippen LogP contribution in [0.4, 0.5) is 0 Å². The second-order valence-corrected chi connectivity index (χ2v) is 4.56. The molecule has 1 aromatic carbocycles. The van der Waals surface area contributed by atoms with Crippen LogP contribution in [0.5, 0.6) is 0 Å². The van der Waals surface area contributed by atoms with Gasteiger partial charge in [0, 0.05) is 0 Å². The van der Waals surface area contributed by atoms with Crippen molar-refractivity contribution in [2.24, 2.45) is 0 Å². The molecule has 0 aliphatic heterocycles. The minimum atomic E-state index is 0.303. The van der Waals surface area contributed by atoms with E-state index in [1.807, 2.05) is 30.3 Å². The average molecular weight is 291 g/mol. The third kappa shape index (κ3) is 2.35. The van der Waals surface area contributed by atoms with E-state index >= 15 is 0 Å². The predicted molar refractivity (Wildman–Crippen MR) is 75.2 cm³/mol. The Bertz CT molecular complexity index is 674. The van der Waals surface area contributed by atoms with Gasteiger partial charge in [-0.1, -0.05) is 53.5 Å². The second kappa shape index (κ2) is 5.03. The summed E-state index contributed by atoms with van der Waals surface area (Å²) in [6.45, 7) is 0. The van der Waals surface area contributed by atoms with Gasteiger partial charge < -0.3 is 4.42 Å². The minimum Gasteiger partial charge on any atom is -0.461 e. The highest BCUT2D eigenvalue weighted by Gasteiger charge is 2.15. The molecule has 0 saturated heterocycles. The van der Waals surface area contributed by atoms with Gasteiger partial charge in [-0.25, -0.2) is 9.97 Å². The number of hydrogen-bond donors (Lipinski definition) is 0. The van der Waals surface area contributed by atoms with Crippen LogP contribution < -0.4 is 0 Å². The van der Waals surface area contributed by atoms with Crippen LogP contribution in [0.25, 0.3) is 22.7 Å². The first kappa shape index (κ1) is 12.2. The molecule has 0 radical (unpaired) electrons. The van der Waals surface area contributed by atoms with Crippen molar-refractivity contribution in [1.29, 1.82) is 0 Å². The number of hydrogen-bond acceptors (Lipinski definition) is 3. The molecule has 0 unspecified atom stereocenters. The lowest BCUT2D eigenvalue weighted by Gasteiger charge is -2.07. The Balaban J connectivity index is 2.14. The van der Waals surface area contributed by atoms with Crippen LogP contribution >= 0.6 is 23.2 Å². The smallest absolute Gasteiger partial charge is 0.198 e. The zero-order valence-electron chi connectivity index (χ0n) is 9.68. The van der Waals surface area contributed by atoms with Gasteiger partial charge >= 0.3 is 0 Å². The van der Waals surface area contributed by atoms with Gasteiger partial charge in [0.2, 0.25) is 0 Å². The molecule has 3 aromatic rings. The van der Waals surface area contributed by atoms with Gasteiger partial charge in [-0.05, 0) is 17.7 Å². The first-order valence-corrected chi connectivity index (χ1v) is 6.33. The Morgan fingerprint density at radius 3 is 2.11 bits per heavy atom. The summed E-state index contributed by atoms with van der Waals surface area (Å²) in [5, 5.41) is 0.607. The van der Waals surface area contributed by atoms with Crippen molar-refractivity contribution in [2.75, 3.05) is 0 Å². The Kier molecular flexibility index (Phi) is 3.23. The van der Waals surface area contributed by atoms with Gasteiger partial charge in [-0.3, -0.25) is 0 Å². The van der Waals surface area contributed by atoms with Crippen LogP contribution in [0.3, 0.4) is 0 Å². The molecule has 0 spiro atoms. The van der Waals surface area contributed by atoms with Crippen LogP contribution in [-0.4, -0.2) is 9.97 Å². The quantitative estimate of drug-likeness (QED) is 0.642. The Hall–Kier alpha value is -1.84. The third-order valence-electron chi connectivity index (χ3n) is 2.62. The summed E-state index contributed by atoms with van der Waals surface area (Å²) < 4.78 is 5.23. The first-order chi connectivity index (χ1) is 9.25. The van der Waals surface area contributed by atoms with Crippen LogP contribution in [0, 0.1) is 0 Å². The number of halogens is 2. The topological polar surface area (TPSA) is 38.9 Å². The number of benzene rings is 1. The zero-order valence-corrected chi connectivity index (χ0v) is 11.2. The van der Waals surface area contributed by atoms with E-state index in [-0.39, 0.29) is 0 Å². The van der Waals surface area contributed by atoms with Gasteiger partial charge in [0.15, 0.2) is 11.6 Å². The molecule has 0 atom stereocenters. The summed E-state index contributed by atoms with van der Waals surface area (Å²) in [5.74, 6) is 0.906. The molecular weight excluding hydrogens is 283 g/mol. The average Bonchev–Trinajstić information content (AvgIpc) is 2.93. The molecule has 94 valence electrons. The lowest BCUT2D eigenvalue weighted by molar-refractivity contribution is 0.577. The molecule has 0 fully saturated rings. The van der Waals surface area contributed by atoms with E-state index in [1.54, 1.807) is 18.4 Å². The van der Waals surface area contributed by atoms with E-state index in [0.29, 0.717) is 27.5 Å². The lowest BCUT2D eigenvalue weighted by atomic mass is 10.1. The van der Waals surface area contributed by atoms with E-state index in [1.165, 1.54) is 0 Å². The third-order valence-corrected chi connectivity index (χ3v) is 3.17. The number of aromatic nitrogens is 2. The predicted octanol–water partition coefficient (Wildman–Crippen LogP) is 4.71. The summed E-state index contributed by atoms with van der Waals surface area (Å²) in [4.78, 5) is 8.46. The van der Waals surface area contributed by atoms with E-state index in [9.17, 15) is 0 Å². The maximum atomic E-state index is 6.21. The molecular formula is C14H8Cl2N2O. The van der Waals surface area contributed by atoms with Crippen LogP contribution in [0.15, 0.2) is 53.1 Å². The zero-order chi connectivity index (χ0) is 13.2. The van der Waals surface area contributed by atoms with Gasteiger partial charge in [0.05, 0.1) is 11.8 Å². The minimum absolute atomic E-state index is 0.303. The molecule has 0 N–H and O–H groups in total. The van der Waals surface area contributed by atoms with Crippen molar-refractivity contribution >= 4 is 23.2 Å². The van der Waals surface area contributed by atoms with E-state index in [0.717, 1.165) is 5.56 Å². The van der Waals surface area contributed by atoms with Crippen LogP contribution in [0.1, 0.15) is 0 Å². The summed E-state index contributed by atoms with van der Waals surface area (Å²) in [5.41, 5.74) is 1.50. The molecule has 19 heavy (non-hydrogen) atoms. The van der Waals surface area contributed by atoms with Crippen molar-refractivity contribution in [3.8, 4) is 22.7 Å². The largest absolute Gasteiger partial charge is 0.461 e. The summed E-state index contributed by atoms with van der Waals surface area (Å²) in [6.07, 6.45) is 1.55. The summed E-state index contributed by atoms with van der Waals surface area (Å²) >= 11 is 12.4. The highest BCUT2D eigenvalue weighted by atomic mass is 35.5. The van der Waals surface area contributed by atoms with Gasteiger partial charge in [-0.15, -0.1) is 0 Å². The first-order valence-electron chi connectivity index (χ1n) is 5.58. The molecule has 3 nitrogen and oxygen atoms in total. The molecule has 5 heteroatoms. The van der Waals surface area contributed by atoms with Gasteiger partial charge in [-0.2, -0.15) is 0 Å². The number of furan rings is 1. The fourth-order valence-electron chi connectivity index (χ4n) is 1.77. The number of nitrogens with zero attached hydrogens (tertiary/aromatic N) is 2. The van der Waals surface area contributed by atoms with E-state index in [4.69, 9.17) is 27.6 Å². The highest BCUT2D eigenvalue weighted by Crippen LogP contribution is 2.33. The molecule has 0 aliphatic carbocycles. The molecule has 3 rings (SSSR count). The monoisotopic (exact) mass is 290 g/mol. The molecule has 0 amide bonds. The highest BCUT2D eigenvalue weighted by molar-refractivity contribution is 6.37. The second-order valence-electron chi connectivity index (χ2n) is 3.85. The molecule has 0 bridgehead atoms. The van der Waals surface area contributed by atoms with Gasteiger partial charge in [0.1, 0.15) is 10.3 Å². The fourth-order valence-corrected chi connectivity index (χ4v) is 2.37. The normalized spacial score (nSPS) is 10.6. The summed E-state index contributed by atoms with van der Waals surface area (Å²) in [6, 6.07) is 13.1. The molecule has 2 heterocycles. The summed E-state index contributed by atoms with van der Waals surface area (Å²) in [7, 11) is 0. The Morgan fingerprint density at radius 2 is 1.53 bits per heavy atom. The molecule has 0 saturated carbocycles. The van der Waals surface area contributed by atoms with E-state index in [2.05, 4.69) is 9.97 Å². The standard InChI is InChI=1S/C14H8Cl2N2O/c15-12-11(9-5-2-1-3-6-9)13(16)18-14(17-12)10-7-4-8-19-10/h1-8H. The van der Waals surface area contributed by atoms with Crippen molar-refractivity contribution in [3.05, 3.63) is 59.0 Å². The van der Waals surface area contributed by atoms with Crippen molar-refractivity contribution < 1.29 is 4.42 Å². The SMILES string of the molecule is Clc1nc(-c2ccco2)nc(Cl)c1-c1ccccc1. The van der Waals surface area contributed by atoms with Crippen LogP contribution in [-0.2, 0) is 0 Å². The van der Waals surface area contributed by atoms with Gasteiger partial charge in [0.25, 0.3) is 0 Å². The number of rotatable bonds is 2. The van der Waals surface area contributed by atoms with Crippen molar-refractivity contribution in [2.45, 2.75) is 0 Å². The Morgan fingerprint density at radius 1 is 0.842 bits per heavy atom. The Labute approximate surface area is 119 Å². The maximum absolute atomic E-state index is 6.21. The molecule has 2 aromatic heterocycles. The van der Waals surface area contributed by atoms with Crippen LogP contribution in [0.2, 0.25) is 10.3 Å². The maximum Gasteiger partial charge on any atom is 0.198 e. The molecule has 0 aliphatic rings. The lowest BCUT2D eigenvalue weighted by Crippen LogP contribution is -1.93. The fraction of sp³-hybridized carbons (Fsp3) is 0. The van der Waals surface area contributed by atoms with Crippen molar-refractivity contribution in [1.82, 2.24) is 9.97 Å². The van der Waals surface area contributed by atoms with Crippen molar-refractivity contribution in [3.63, 3.8) is 0 Å². The van der Waals surface area contributed by atoms with E-state index < -0.39 is 0 Å².